The summed E-state index contributed by atoms with van der Waals surface area (Å²) in [6, 6.07) is 5.82. The van der Waals surface area contributed by atoms with E-state index in [1.807, 2.05) is 0 Å². The maximum atomic E-state index is 10.7. The summed E-state index contributed by atoms with van der Waals surface area (Å²) in [6.45, 7) is 0. The van der Waals surface area contributed by atoms with Gasteiger partial charge in [0.2, 0.25) is 5.91 Å². The van der Waals surface area contributed by atoms with Crippen molar-refractivity contribution < 1.29 is 19.5 Å². The Balaban J connectivity index is 2.85. The van der Waals surface area contributed by atoms with E-state index in [0.29, 0.717) is 0 Å². The normalized spacial score (nSPS) is 9.38. The number of hydrogen-bond donors (Lipinski definition) is 3. The predicted octanol–water partition coefficient (Wildman–Crippen LogP) is -0.866. The smallest absolute Gasteiger partial charge is 0.512 e. The highest BCUT2D eigenvalue weighted by Gasteiger charge is 2.11. The summed E-state index contributed by atoms with van der Waals surface area (Å²) in [7, 11) is -1.90. The first kappa shape index (κ1) is 9.56. The minimum atomic E-state index is -1.90. The van der Waals surface area contributed by atoms with E-state index in [0.717, 1.165) is 0 Å². The molecule has 0 bridgehead atoms. The van der Waals surface area contributed by atoms with Gasteiger partial charge in [0, 0.05) is 5.56 Å². The molecule has 0 aliphatic rings. The van der Waals surface area contributed by atoms with Gasteiger partial charge < -0.3 is 20.4 Å². The van der Waals surface area contributed by atoms with Gasteiger partial charge in [-0.05, 0) is 18.2 Å². The summed E-state index contributed by atoms with van der Waals surface area (Å²) in [5.74, 6) is -0.427. The summed E-state index contributed by atoms with van der Waals surface area (Å²) in [5, 5.41) is 16.9. The van der Waals surface area contributed by atoms with Gasteiger partial charge in [-0.1, -0.05) is 6.07 Å². The summed E-state index contributed by atoms with van der Waals surface area (Å²) in [4.78, 5) is 10.7. The number of carbonyl (C=O) groups is 1. The van der Waals surface area contributed by atoms with E-state index >= 15 is 0 Å². The lowest BCUT2D eigenvalue weighted by molar-refractivity contribution is 0.1000. The molecule has 13 heavy (non-hydrogen) atoms. The number of amides is 1. The Kier molecular flexibility index (Phi) is 2.89. The lowest BCUT2D eigenvalue weighted by Gasteiger charge is -2.04. The summed E-state index contributed by atoms with van der Waals surface area (Å²) in [6.07, 6.45) is 0. The van der Waals surface area contributed by atoms with E-state index in [2.05, 4.69) is 4.65 Å². The molecular formula is C7H8BNO4. The maximum absolute atomic E-state index is 10.7. The fourth-order valence-corrected chi connectivity index (χ4v) is 0.844. The average molecular weight is 181 g/mol. The molecule has 0 saturated heterocycles. The van der Waals surface area contributed by atoms with Gasteiger partial charge in [0.1, 0.15) is 5.75 Å². The van der Waals surface area contributed by atoms with Gasteiger partial charge in [-0.3, -0.25) is 4.79 Å². The van der Waals surface area contributed by atoms with Crippen LogP contribution in [0.3, 0.4) is 0 Å². The third-order valence-electron chi connectivity index (χ3n) is 1.36. The quantitative estimate of drug-likeness (QED) is 0.528. The van der Waals surface area contributed by atoms with Crippen LogP contribution in [0.1, 0.15) is 10.4 Å². The van der Waals surface area contributed by atoms with Gasteiger partial charge in [0.15, 0.2) is 0 Å². The van der Waals surface area contributed by atoms with Crippen LogP contribution in [0.5, 0.6) is 5.75 Å². The predicted molar refractivity (Wildman–Crippen MR) is 45.8 cm³/mol. The molecule has 0 heterocycles. The molecule has 0 saturated carbocycles. The SMILES string of the molecule is NC(=O)c1cccc(OB(O)O)c1. The van der Waals surface area contributed by atoms with E-state index in [1.165, 1.54) is 24.3 Å². The maximum Gasteiger partial charge on any atom is 0.707 e. The zero-order valence-electron chi connectivity index (χ0n) is 6.68. The van der Waals surface area contributed by atoms with Gasteiger partial charge in [0.25, 0.3) is 0 Å². The van der Waals surface area contributed by atoms with Crippen LogP contribution in [-0.4, -0.2) is 23.3 Å². The molecular weight excluding hydrogens is 173 g/mol. The van der Waals surface area contributed by atoms with Crippen molar-refractivity contribution in [3.63, 3.8) is 0 Å². The second-order valence-corrected chi connectivity index (χ2v) is 2.34. The third kappa shape index (κ3) is 2.77. The topological polar surface area (TPSA) is 92.8 Å². The zero-order valence-corrected chi connectivity index (χ0v) is 6.68. The second-order valence-electron chi connectivity index (χ2n) is 2.34. The van der Waals surface area contributed by atoms with Crippen LogP contribution in [0.15, 0.2) is 24.3 Å². The number of primary amides is 1. The number of benzene rings is 1. The molecule has 1 aromatic rings. The highest BCUT2D eigenvalue weighted by molar-refractivity contribution is 6.33. The van der Waals surface area contributed by atoms with Gasteiger partial charge in [-0.25, -0.2) is 0 Å². The van der Waals surface area contributed by atoms with Crippen molar-refractivity contribution in [1.82, 2.24) is 0 Å². The Bertz CT molecular complexity index is 315. The first-order valence-corrected chi connectivity index (χ1v) is 3.52. The first-order valence-electron chi connectivity index (χ1n) is 3.52. The molecule has 4 N–H and O–H groups in total. The van der Waals surface area contributed by atoms with Crippen molar-refractivity contribution >= 4 is 13.2 Å². The van der Waals surface area contributed by atoms with Crippen LogP contribution in [0, 0.1) is 0 Å². The van der Waals surface area contributed by atoms with Crippen LogP contribution >= 0.6 is 0 Å². The molecule has 1 aromatic carbocycles. The van der Waals surface area contributed by atoms with Crippen molar-refractivity contribution in [2.24, 2.45) is 5.73 Å². The van der Waals surface area contributed by atoms with Crippen LogP contribution in [-0.2, 0) is 0 Å². The van der Waals surface area contributed by atoms with Crippen LogP contribution in [0.2, 0.25) is 0 Å². The van der Waals surface area contributed by atoms with Crippen LogP contribution in [0.4, 0.5) is 0 Å². The second kappa shape index (κ2) is 3.93. The average Bonchev–Trinajstić information content (AvgIpc) is 2.03. The van der Waals surface area contributed by atoms with Crippen molar-refractivity contribution in [3.05, 3.63) is 29.8 Å². The molecule has 0 aliphatic heterocycles. The van der Waals surface area contributed by atoms with Crippen molar-refractivity contribution in [2.45, 2.75) is 0 Å². The van der Waals surface area contributed by atoms with E-state index in [1.54, 1.807) is 0 Å². The minimum absolute atomic E-state index is 0.173. The van der Waals surface area contributed by atoms with Crippen molar-refractivity contribution in [2.75, 3.05) is 0 Å². The van der Waals surface area contributed by atoms with E-state index in [4.69, 9.17) is 15.8 Å². The Labute approximate surface area is 74.9 Å². The van der Waals surface area contributed by atoms with Gasteiger partial charge >= 0.3 is 7.32 Å². The van der Waals surface area contributed by atoms with Gasteiger partial charge in [0.05, 0.1) is 0 Å². The van der Waals surface area contributed by atoms with Crippen LogP contribution < -0.4 is 10.4 Å². The molecule has 0 radical (unpaired) electrons. The first-order chi connectivity index (χ1) is 6.09. The molecule has 0 unspecified atom stereocenters. The van der Waals surface area contributed by atoms with E-state index in [-0.39, 0.29) is 11.3 Å². The molecule has 1 amide bonds. The van der Waals surface area contributed by atoms with E-state index in [9.17, 15) is 4.79 Å². The summed E-state index contributed by atoms with van der Waals surface area (Å²) >= 11 is 0. The van der Waals surface area contributed by atoms with Gasteiger partial charge in [-0.15, -0.1) is 0 Å². The molecule has 0 spiro atoms. The fourth-order valence-electron chi connectivity index (χ4n) is 0.844. The minimum Gasteiger partial charge on any atom is -0.512 e. The molecule has 6 heteroatoms. The Morgan fingerprint density at radius 3 is 2.69 bits per heavy atom. The molecule has 0 aliphatic carbocycles. The van der Waals surface area contributed by atoms with Crippen molar-refractivity contribution in [1.29, 1.82) is 0 Å². The highest BCUT2D eigenvalue weighted by Crippen LogP contribution is 2.12. The monoisotopic (exact) mass is 181 g/mol. The van der Waals surface area contributed by atoms with Crippen LogP contribution in [0.25, 0.3) is 0 Å². The highest BCUT2D eigenvalue weighted by atomic mass is 16.6. The number of rotatable bonds is 3. The Hall–Kier alpha value is -1.53. The summed E-state index contributed by atoms with van der Waals surface area (Å²) < 4.78 is 4.51. The standard InChI is InChI=1S/C7H8BNO4/c9-7(10)5-2-1-3-6(4-5)13-8(11)12/h1-4,11-12H,(H2,9,10). The lowest BCUT2D eigenvalue weighted by Crippen LogP contribution is -2.21. The number of hydrogen-bond acceptors (Lipinski definition) is 4. The zero-order chi connectivity index (χ0) is 9.84. The molecule has 0 atom stereocenters. The lowest BCUT2D eigenvalue weighted by atomic mass is 10.2. The number of nitrogens with two attached hydrogens (primary N) is 1. The van der Waals surface area contributed by atoms with Gasteiger partial charge in [-0.2, -0.15) is 0 Å². The largest absolute Gasteiger partial charge is 0.707 e. The molecule has 0 fully saturated rings. The fraction of sp³-hybridized carbons (Fsp3) is 0. The molecule has 0 aromatic heterocycles. The molecule has 68 valence electrons. The molecule has 5 nitrogen and oxygen atoms in total. The Morgan fingerprint density at radius 2 is 2.15 bits per heavy atom. The Morgan fingerprint density at radius 1 is 1.46 bits per heavy atom. The molecule has 1 rings (SSSR count). The van der Waals surface area contributed by atoms with Crippen molar-refractivity contribution in [3.8, 4) is 5.75 Å². The summed E-state index contributed by atoms with van der Waals surface area (Å²) in [5.41, 5.74) is 5.24. The third-order valence-corrected chi connectivity index (χ3v) is 1.36. The van der Waals surface area contributed by atoms with E-state index < -0.39 is 13.2 Å². The number of carbonyl (C=O) groups excluding carboxylic acids is 1.